The van der Waals surface area contributed by atoms with Gasteiger partial charge in [0, 0.05) is 36.4 Å². The Labute approximate surface area is 130 Å². The summed E-state index contributed by atoms with van der Waals surface area (Å²) in [5.41, 5.74) is 0. The molecule has 0 spiro atoms. The normalized spacial score (nSPS) is 12.0. The topological polar surface area (TPSA) is 158 Å². The average molecular weight is 362 g/mol. The Bertz CT molecular complexity index is 942. The van der Waals surface area contributed by atoms with Crippen molar-refractivity contribution in [2.75, 3.05) is 0 Å². The smallest absolute Gasteiger partial charge is 0.339 e. The molecule has 2 rings (SSSR count). The van der Waals surface area contributed by atoms with E-state index in [2.05, 4.69) is 4.18 Å². The molecule has 23 heavy (non-hydrogen) atoms. The summed E-state index contributed by atoms with van der Waals surface area (Å²) in [5.74, 6) is -2.34. The lowest BCUT2D eigenvalue weighted by atomic mass is 10.3. The summed E-state index contributed by atoms with van der Waals surface area (Å²) >= 11 is 0. The number of hydrogen-bond donors (Lipinski definition) is 4. The van der Waals surface area contributed by atoms with Gasteiger partial charge in [0.15, 0.2) is 0 Å². The predicted molar refractivity (Wildman–Crippen MR) is 75.5 cm³/mol. The quantitative estimate of drug-likeness (QED) is 0.456. The maximum absolute atomic E-state index is 12.0. The highest BCUT2D eigenvalue weighted by molar-refractivity contribution is 7.87. The maximum Gasteiger partial charge on any atom is 0.339 e. The fourth-order valence-electron chi connectivity index (χ4n) is 1.64. The van der Waals surface area contributed by atoms with Crippen molar-refractivity contribution in [2.45, 2.75) is 9.79 Å². The summed E-state index contributed by atoms with van der Waals surface area (Å²) in [6.07, 6.45) is 0. The molecule has 0 aliphatic rings. The predicted octanol–water partition coefficient (Wildman–Crippen LogP) is 0.818. The number of aromatic hydroxyl groups is 3. The minimum Gasteiger partial charge on any atom is -0.508 e. The van der Waals surface area contributed by atoms with Gasteiger partial charge in [-0.15, -0.1) is 0 Å². The van der Waals surface area contributed by atoms with Crippen LogP contribution in [0.25, 0.3) is 0 Å². The summed E-state index contributed by atoms with van der Waals surface area (Å²) in [4.78, 5) is -1.38. The van der Waals surface area contributed by atoms with Crippen LogP contribution in [0.1, 0.15) is 0 Å². The fraction of sp³-hybridized carbons (Fsp3) is 0. The Morgan fingerprint density at radius 3 is 1.70 bits per heavy atom. The second-order valence-corrected chi connectivity index (χ2v) is 7.33. The van der Waals surface area contributed by atoms with Gasteiger partial charge in [-0.05, 0) is 0 Å². The molecule has 0 radical (unpaired) electrons. The van der Waals surface area contributed by atoms with Crippen LogP contribution in [0.4, 0.5) is 0 Å². The van der Waals surface area contributed by atoms with Crippen molar-refractivity contribution in [3.63, 3.8) is 0 Å². The lowest BCUT2D eigenvalue weighted by Gasteiger charge is -2.09. The lowest BCUT2D eigenvalue weighted by molar-refractivity contribution is 0.441. The number of hydrogen-bond acceptors (Lipinski definition) is 8. The molecule has 9 nitrogen and oxygen atoms in total. The maximum atomic E-state index is 12.0. The molecule has 0 heterocycles. The summed E-state index contributed by atoms with van der Waals surface area (Å²) < 4.78 is 59.7. The highest BCUT2D eigenvalue weighted by Crippen LogP contribution is 2.29. The van der Waals surface area contributed by atoms with Gasteiger partial charge in [0.05, 0.1) is 0 Å². The van der Waals surface area contributed by atoms with Gasteiger partial charge in [-0.1, -0.05) is 0 Å². The van der Waals surface area contributed by atoms with Crippen LogP contribution in [0, 0.1) is 0 Å². The first-order chi connectivity index (χ1) is 10.5. The van der Waals surface area contributed by atoms with E-state index in [-0.39, 0.29) is 0 Å². The van der Waals surface area contributed by atoms with Crippen molar-refractivity contribution in [2.24, 2.45) is 0 Å². The molecule has 0 saturated carbocycles. The molecular formula is C12H10O9S2. The highest BCUT2D eigenvalue weighted by atomic mass is 32.2. The van der Waals surface area contributed by atoms with Crippen LogP contribution in [-0.2, 0) is 20.2 Å². The molecule has 0 saturated heterocycles. The first-order valence-corrected chi connectivity index (χ1v) is 8.61. The molecule has 4 N–H and O–H groups in total. The summed E-state index contributed by atoms with van der Waals surface area (Å²) in [7, 11) is -9.24. The van der Waals surface area contributed by atoms with Gasteiger partial charge in [-0.3, -0.25) is 4.55 Å². The van der Waals surface area contributed by atoms with E-state index in [9.17, 15) is 32.2 Å². The van der Waals surface area contributed by atoms with Gasteiger partial charge < -0.3 is 19.5 Å². The molecule has 124 valence electrons. The monoisotopic (exact) mass is 362 g/mol. The van der Waals surface area contributed by atoms with E-state index in [1.54, 1.807) is 0 Å². The van der Waals surface area contributed by atoms with Crippen molar-refractivity contribution in [3.8, 4) is 23.0 Å². The Kier molecular flexibility index (Phi) is 4.11. The molecule has 2 aromatic rings. The van der Waals surface area contributed by atoms with E-state index in [1.807, 2.05) is 0 Å². The number of phenols is 3. The van der Waals surface area contributed by atoms with Crippen molar-refractivity contribution in [1.29, 1.82) is 0 Å². The fourth-order valence-corrected chi connectivity index (χ4v) is 3.15. The molecule has 0 amide bonds. The number of phenolic OH excluding ortho intramolecular Hbond substituents is 3. The molecule has 0 bridgehead atoms. The van der Waals surface area contributed by atoms with Crippen LogP contribution in [0.3, 0.4) is 0 Å². The van der Waals surface area contributed by atoms with Gasteiger partial charge in [0.25, 0.3) is 10.1 Å². The van der Waals surface area contributed by atoms with E-state index in [0.29, 0.717) is 12.1 Å². The zero-order valence-electron chi connectivity index (χ0n) is 11.1. The van der Waals surface area contributed by atoms with Gasteiger partial charge in [0.1, 0.15) is 32.8 Å². The van der Waals surface area contributed by atoms with Crippen molar-refractivity contribution >= 4 is 20.2 Å². The third-order valence-electron chi connectivity index (χ3n) is 2.53. The molecule has 2 aromatic carbocycles. The van der Waals surface area contributed by atoms with E-state index in [1.165, 1.54) is 0 Å². The lowest BCUT2D eigenvalue weighted by Crippen LogP contribution is -2.10. The van der Waals surface area contributed by atoms with Gasteiger partial charge in [-0.25, -0.2) is 0 Å². The first-order valence-electron chi connectivity index (χ1n) is 5.76. The van der Waals surface area contributed by atoms with Gasteiger partial charge >= 0.3 is 10.1 Å². The van der Waals surface area contributed by atoms with E-state index in [0.717, 1.165) is 24.3 Å². The van der Waals surface area contributed by atoms with Crippen LogP contribution in [0.5, 0.6) is 23.0 Å². The summed E-state index contributed by atoms with van der Waals surface area (Å²) in [6, 6.07) is 4.64. The third-order valence-corrected chi connectivity index (χ3v) is 4.59. The third kappa shape index (κ3) is 4.03. The van der Waals surface area contributed by atoms with Crippen molar-refractivity contribution in [3.05, 3.63) is 36.4 Å². The van der Waals surface area contributed by atoms with E-state index >= 15 is 0 Å². The van der Waals surface area contributed by atoms with Gasteiger partial charge in [-0.2, -0.15) is 16.8 Å². The van der Waals surface area contributed by atoms with E-state index in [4.69, 9.17) is 4.55 Å². The SMILES string of the molecule is O=S(=O)(O)c1cc(O)cc(OS(=O)(=O)c2cc(O)cc(O)c2)c1. The number of benzene rings is 2. The molecule has 0 fully saturated rings. The molecule has 0 aliphatic carbocycles. The van der Waals surface area contributed by atoms with Crippen LogP contribution in [-0.4, -0.2) is 36.7 Å². The summed E-state index contributed by atoms with van der Waals surface area (Å²) in [6.45, 7) is 0. The standard InChI is InChI=1S/C12H10O9S2/c13-7-1-8(14)5-12(4-7)23(19,20)21-10-2-9(15)3-11(6-10)22(16,17)18/h1-6,13-15H,(H,16,17,18). The van der Waals surface area contributed by atoms with Gasteiger partial charge in [0.2, 0.25) is 0 Å². The molecule has 0 aromatic heterocycles. The Morgan fingerprint density at radius 2 is 1.17 bits per heavy atom. The Morgan fingerprint density at radius 1 is 0.696 bits per heavy atom. The van der Waals surface area contributed by atoms with Crippen LogP contribution >= 0.6 is 0 Å². The van der Waals surface area contributed by atoms with Crippen LogP contribution in [0.15, 0.2) is 46.2 Å². The largest absolute Gasteiger partial charge is 0.508 e. The Balaban J connectivity index is 2.47. The molecule has 0 aliphatic heterocycles. The summed E-state index contributed by atoms with van der Waals surface area (Å²) in [5, 5.41) is 28.0. The molecule has 11 heteroatoms. The zero-order chi connectivity index (χ0) is 17.4. The molecular weight excluding hydrogens is 352 g/mol. The minimum atomic E-state index is -4.70. The first kappa shape index (κ1) is 16.9. The molecule has 0 unspecified atom stereocenters. The Hall–Kier alpha value is -2.50. The second kappa shape index (κ2) is 5.61. The van der Waals surface area contributed by atoms with Crippen molar-refractivity contribution in [1.82, 2.24) is 0 Å². The zero-order valence-corrected chi connectivity index (χ0v) is 12.7. The van der Waals surface area contributed by atoms with E-state index < -0.39 is 53.0 Å². The van der Waals surface area contributed by atoms with Crippen LogP contribution < -0.4 is 4.18 Å². The highest BCUT2D eigenvalue weighted by Gasteiger charge is 2.21. The van der Waals surface area contributed by atoms with Crippen LogP contribution in [0.2, 0.25) is 0 Å². The molecule has 0 atom stereocenters. The second-order valence-electron chi connectivity index (χ2n) is 4.36. The number of rotatable bonds is 4. The minimum absolute atomic E-state index is 0.540. The van der Waals surface area contributed by atoms with Crippen molar-refractivity contribution < 1.29 is 40.9 Å². The average Bonchev–Trinajstić information content (AvgIpc) is 2.35.